The van der Waals surface area contributed by atoms with E-state index in [1.54, 1.807) is 7.11 Å². The number of methoxy groups -OCH3 is 1. The Hall–Kier alpha value is -1.86. The zero-order chi connectivity index (χ0) is 17.7. The number of rotatable bonds is 3. The van der Waals surface area contributed by atoms with Gasteiger partial charge in [0.05, 0.1) is 12.6 Å². The van der Waals surface area contributed by atoms with Gasteiger partial charge in [-0.2, -0.15) is 0 Å². The minimum Gasteiger partial charge on any atom is -0.497 e. The van der Waals surface area contributed by atoms with Gasteiger partial charge in [-0.25, -0.2) is 13.3 Å². The second-order valence-electron chi connectivity index (χ2n) is 7.30. The maximum atomic E-state index is 11.8. The molecule has 7 heteroatoms. The maximum Gasteiger partial charge on any atom is 0.121 e. The Kier molecular flexibility index (Phi) is 3.88. The van der Waals surface area contributed by atoms with Gasteiger partial charge in [-0.05, 0) is 31.0 Å². The largest absolute Gasteiger partial charge is 0.497 e. The third kappa shape index (κ3) is 2.95. The van der Waals surface area contributed by atoms with E-state index in [-0.39, 0.29) is 5.41 Å². The quantitative estimate of drug-likeness (QED) is 0.914. The summed E-state index contributed by atoms with van der Waals surface area (Å²) in [5.74, 6) is 0.822. The molecule has 1 aromatic heterocycles. The molecule has 0 bridgehead atoms. The molecule has 0 radical (unpaired) electrons. The van der Waals surface area contributed by atoms with Crippen molar-refractivity contribution in [3.8, 4) is 5.75 Å². The zero-order valence-electron chi connectivity index (χ0n) is 14.7. The number of nitrogens with one attached hydrogen (secondary N) is 1. The highest BCUT2D eigenvalue weighted by atomic mass is 32.2. The van der Waals surface area contributed by atoms with Crippen LogP contribution in [0.2, 0.25) is 0 Å². The van der Waals surface area contributed by atoms with Crippen LogP contribution >= 0.6 is 0 Å². The lowest BCUT2D eigenvalue weighted by molar-refractivity contribution is 0.0467. The van der Waals surface area contributed by atoms with Crippen LogP contribution in [-0.4, -0.2) is 53.0 Å². The zero-order valence-corrected chi connectivity index (χ0v) is 15.5. The average Bonchev–Trinajstić information content (AvgIpc) is 2.58. The summed E-state index contributed by atoms with van der Waals surface area (Å²) >= 11 is 0. The van der Waals surface area contributed by atoms with Crippen LogP contribution in [0.5, 0.6) is 5.75 Å². The molecule has 0 aliphatic carbocycles. The molecular weight excluding hydrogens is 336 g/mol. The van der Waals surface area contributed by atoms with E-state index in [0.29, 0.717) is 0 Å². The lowest BCUT2D eigenvalue weighted by atomic mass is 9.73. The summed E-state index contributed by atoms with van der Waals surface area (Å²) in [7, 11) is -0.874. The molecule has 2 aliphatic heterocycles. The number of hydrogen-bond acceptors (Lipinski definition) is 5. The second kappa shape index (κ2) is 5.85. The summed E-state index contributed by atoms with van der Waals surface area (Å²) in [6, 6.07) is 8.12. The van der Waals surface area contributed by atoms with E-state index in [1.807, 2.05) is 22.6 Å². The van der Waals surface area contributed by atoms with Crippen LogP contribution < -0.4 is 9.64 Å². The molecule has 0 saturated carbocycles. The highest BCUT2D eigenvalue weighted by molar-refractivity contribution is 7.89. The van der Waals surface area contributed by atoms with E-state index < -0.39 is 9.92 Å². The lowest BCUT2D eigenvalue weighted by Crippen LogP contribution is -2.61. The molecule has 2 fully saturated rings. The minimum absolute atomic E-state index is 0.252. The Bertz CT molecular complexity index is 896. The van der Waals surface area contributed by atoms with Gasteiger partial charge in [-0.15, -0.1) is 0 Å². The number of hydrogen-bond donors (Lipinski definition) is 1. The van der Waals surface area contributed by atoms with E-state index >= 15 is 0 Å². The van der Waals surface area contributed by atoms with Crippen LogP contribution in [0.3, 0.4) is 0 Å². The van der Waals surface area contributed by atoms with Crippen LogP contribution in [0.4, 0.5) is 5.69 Å². The van der Waals surface area contributed by atoms with Crippen molar-refractivity contribution < 1.29 is 8.95 Å². The van der Waals surface area contributed by atoms with Crippen molar-refractivity contribution in [3.05, 3.63) is 30.5 Å². The molecule has 2 aromatic rings. The Labute approximate surface area is 148 Å². The highest BCUT2D eigenvalue weighted by Crippen LogP contribution is 2.43. The van der Waals surface area contributed by atoms with E-state index in [9.17, 15) is 4.21 Å². The summed E-state index contributed by atoms with van der Waals surface area (Å²) in [4.78, 5) is 6.90. The average molecular weight is 360 g/mol. The van der Waals surface area contributed by atoms with Gasteiger partial charge < -0.3 is 9.64 Å². The molecule has 2 saturated heterocycles. The van der Waals surface area contributed by atoms with Crippen LogP contribution in [0.15, 0.2) is 30.5 Å². The SMILES string of the molecule is COc1ccc2c(N3CCC4(CC3)CN(S(C)(=N)=O)C4)ccnc2c1. The monoisotopic (exact) mass is 360 g/mol. The van der Waals surface area contributed by atoms with Gasteiger partial charge in [-0.3, -0.25) is 4.98 Å². The van der Waals surface area contributed by atoms with Crippen molar-refractivity contribution in [2.24, 2.45) is 5.41 Å². The standard InChI is InChI=1S/C18H24N4O2S/c1-24-14-3-4-15-16(11-14)20-8-5-17(15)21-9-6-18(7-10-21)12-22(13-18)25(2,19)23/h3-5,8,11,19H,6-7,9-10,12-13H2,1-2H3. The summed E-state index contributed by atoms with van der Waals surface area (Å²) in [5.41, 5.74) is 2.42. The van der Waals surface area contributed by atoms with Crippen LogP contribution in [0.25, 0.3) is 10.9 Å². The number of aromatic nitrogens is 1. The number of anilines is 1. The third-order valence-electron chi connectivity index (χ3n) is 5.61. The van der Waals surface area contributed by atoms with Gasteiger partial charge in [0.2, 0.25) is 0 Å². The fourth-order valence-electron chi connectivity index (χ4n) is 4.00. The van der Waals surface area contributed by atoms with Crippen molar-refractivity contribution in [3.63, 3.8) is 0 Å². The fourth-order valence-corrected chi connectivity index (χ4v) is 5.04. The maximum absolute atomic E-state index is 11.8. The van der Waals surface area contributed by atoms with Crippen molar-refractivity contribution in [2.75, 3.05) is 44.4 Å². The molecule has 1 unspecified atom stereocenters. The number of benzene rings is 1. The van der Waals surface area contributed by atoms with E-state index in [0.717, 1.165) is 55.7 Å². The Morgan fingerprint density at radius 1 is 1.24 bits per heavy atom. The molecule has 1 aromatic carbocycles. The van der Waals surface area contributed by atoms with Gasteiger partial charge in [-0.1, -0.05) is 0 Å². The van der Waals surface area contributed by atoms with Gasteiger partial charge in [0.25, 0.3) is 0 Å². The van der Waals surface area contributed by atoms with Gasteiger partial charge in [0.1, 0.15) is 15.7 Å². The van der Waals surface area contributed by atoms with E-state index in [2.05, 4.69) is 22.0 Å². The van der Waals surface area contributed by atoms with Crippen LogP contribution in [0, 0.1) is 10.2 Å². The first-order valence-corrected chi connectivity index (χ1v) is 10.5. The number of nitrogens with zero attached hydrogens (tertiary/aromatic N) is 3. The molecule has 4 rings (SSSR count). The van der Waals surface area contributed by atoms with Gasteiger partial charge in [0.15, 0.2) is 0 Å². The molecule has 134 valence electrons. The molecule has 1 spiro atoms. The van der Waals surface area contributed by atoms with Crippen molar-refractivity contribution in [1.29, 1.82) is 4.78 Å². The molecule has 1 atom stereocenters. The van der Waals surface area contributed by atoms with Gasteiger partial charge in [0, 0.05) is 61.2 Å². The van der Waals surface area contributed by atoms with Crippen molar-refractivity contribution >= 4 is 26.5 Å². The third-order valence-corrected chi connectivity index (χ3v) is 6.85. The summed E-state index contributed by atoms with van der Waals surface area (Å²) < 4.78 is 26.7. The van der Waals surface area contributed by atoms with E-state index in [4.69, 9.17) is 9.52 Å². The van der Waals surface area contributed by atoms with Crippen LogP contribution in [-0.2, 0) is 9.92 Å². The smallest absolute Gasteiger partial charge is 0.121 e. The first kappa shape index (κ1) is 16.6. The molecular formula is C18H24N4O2S. The predicted molar refractivity (Wildman–Crippen MR) is 101 cm³/mol. The molecule has 3 heterocycles. The molecule has 6 nitrogen and oxygen atoms in total. The summed E-state index contributed by atoms with van der Waals surface area (Å²) in [5, 5.41) is 1.15. The minimum atomic E-state index is -2.54. The lowest BCUT2D eigenvalue weighted by Gasteiger charge is -2.54. The molecule has 1 N–H and O–H groups in total. The molecule has 2 aliphatic rings. The predicted octanol–water partition coefficient (Wildman–Crippen LogP) is 2.74. The van der Waals surface area contributed by atoms with Crippen molar-refractivity contribution in [1.82, 2.24) is 9.29 Å². The van der Waals surface area contributed by atoms with E-state index in [1.165, 1.54) is 11.9 Å². The first-order chi connectivity index (χ1) is 11.9. The summed E-state index contributed by atoms with van der Waals surface area (Å²) in [6.45, 7) is 3.58. The number of fused-ring (bicyclic) bond motifs is 1. The number of piperidine rings is 1. The Morgan fingerprint density at radius 3 is 2.60 bits per heavy atom. The molecule has 0 amide bonds. The molecule has 25 heavy (non-hydrogen) atoms. The van der Waals surface area contributed by atoms with Crippen molar-refractivity contribution in [2.45, 2.75) is 12.8 Å². The van der Waals surface area contributed by atoms with Crippen LogP contribution in [0.1, 0.15) is 12.8 Å². The highest BCUT2D eigenvalue weighted by Gasteiger charge is 2.47. The number of ether oxygens (including phenoxy) is 1. The number of pyridine rings is 1. The second-order valence-corrected chi connectivity index (χ2v) is 9.42. The Balaban J connectivity index is 1.51. The Morgan fingerprint density at radius 2 is 1.96 bits per heavy atom. The normalized spacial score (nSPS) is 22.6. The van der Waals surface area contributed by atoms with Gasteiger partial charge >= 0.3 is 0 Å². The first-order valence-electron chi connectivity index (χ1n) is 8.57. The fraction of sp³-hybridized carbons (Fsp3) is 0.500. The topological polar surface area (TPSA) is 69.5 Å². The summed E-state index contributed by atoms with van der Waals surface area (Å²) in [6.07, 6.45) is 5.54.